The van der Waals surface area contributed by atoms with Crippen LogP contribution in [0.25, 0.3) is 0 Å². The number of halogens is 1. The summed E-state index contributed by atoms with van der Waals surface area (Å²) in [5, 5.41) is 15.9. The molecule has 0 aromatic heterocycles. The number of amides is 3. The van der Waals surface area contributed by atoms with Crippen LogP contribution in [-0.2, 0) is 20.9 Å². The number of aliphatic hydroxyl groups is 1. The molecule has 3 fully saturated rings. The van der Waals surface area contributed by atoms with Crippen molar-refractivity contribution >= 4 is 46.8 Å². The average Bonchev–Trinajstić information content (AvgIpc) is 3.48. The Hall–Kier alpha value is -2.55. The number of fused-ring (bicyclic) bond motifs is 1. The number of carbonyl (C=O) groups excluding carboxylic acids is 3. The van der Waals surface area contributed by atoms with Gasteiger partial charge < -0.3 is 20.6 Å². The summed E-state index contributed by atoms with van der Waals surface area (Å²) in [6.45, 7) is 2.99. The smallest absolute Gasteiger partial charge is 0.248 e. The molecule has 2 aromatic rings. The second-order valence-corrected chi connectivity index (χ2v) is 13.1. The van der Waals surface area contributed by atoms with Crippen molar-refractivity contribution in [3.63, 3.8) is 0 Å². The molecule has 5 atom stereocenters. The Balaban J connectivity index is 1.42. The summed E-state index contributed by atoms with van der Waals surface area (Å²) in [6.07, 6.45) is 3.57. The average molecular weight is 556 g/mol. The van der Waals surface area contributed by atoms with Crippen molar-refractivity contribution in [2.24, 2.45) is 11.8 Å². The predicted molar refractivity (Wildman–Crippen MR) is 150 cm³/mol. The number of nitrogens with one attached hydrogen (secondary N) is 2. The van der Waals surface area contributed by atoms with Gasteiger partial charge in [-0.05, 0) is 68.9 Å². The highest BCUT2D eigenvalue weighted by Gasteiger charge is 2.76. The van der Waals surface area contributed by atoms with E-state index in [1.807, 2.05) is 30.3 Å². The minimum atomic E-state index is -0.677. The van der Waals surface area contributed by atoms with Crippen molar-refractivity contribution in [3.8, 4) is 0 Å². The van der Waals surface area contributed by atoms with E-state index < -0.39 is 27.4 Å². The van der Waals surface area contributed by atoms with Gasteiger partial charge in [-0.25, -0.2) is 0 Å². The number of carbonyl (C=O) groups is 3. The zero-order valence-corrected chi connectivity index (χ0v) is 23.1. The maximum Gasteiger partial charge on any atom is 0.248 e. The summed E-state index contributed by atoms with van der Waals surface area (Å²) in [6, 6.07) is 16.0. The van der Waals surface area contributed by atoms with Crippen LogP contribution in [0.1, 0.15) is 44.6 Å². The lowest BCUT2D eigenvalue weighted by Gasteiger charge is -2.34. The van der Waals surface area contributed by atoms with Crippen molar-refractivity contribution in [1.29, 1.82) is 0 Å². The minimum Gasteiger partial charge on any atom is -0.396 e. The Labute approximate surface area is 232 Å². The fourth-order valence-corrected chi connectivity index (χ4v) is 9.06. The second-order valence-electron chi connectivity index (χ2n) is 10.7. The van der Waals surface area contributed by atoms with Crippen LogP contribution in [0.3, 0.4) is 0 Å². The highest BCUT2D eigenvalue weighted by atomic mass is 35.5. The quantitative estimate of drug-likeness (QED) is 0.381. The molecule has 9 heteroatoms. The topological polar surface area (TPSA) is 98.7 Å². The first-order valence-electron chi connectivity index (χ1n) is 13.3. The number of hydrogen-bond acceptors (Lipinski definition) is 5. The first-order chi connectivity index (χ1) is 18.3. The lowest BCUT2D eigenvalue weighted by molar-refractivity contribution is -0.140. The summed E-state index contributed by atoms with van der Waals surface area (Å²) < 4.78 is -1.07. The Bertz CT molecular complexity index is 1200. The molecule has 2 unspecified atom stereocenters. The third-order valence-electron chi connectivity index (χ3n) is 8.29. The van der Waals surface area contributed by atoms with Crippen LogP contribution >= 0.6 is 23.4 Å². The van der Waals surface area contributed by atoms with E-state index in [1.165, 1.54) is 0 Å². The molecule has 3 aliphatic heterocycles. The lowest BCUT2D eigenvalue weighted by atomic mass is 9.66. The molecule has 7 nitrogen and oxygen atoms in total. The van der Waals surface area contributed by atoms with Gasteiger partial charge in [0.25, 0.3) is 0 Å². The van der Waals surface area contributed by atoms with Crippen molar-refractivity contribution in [2.75, 3.05) is 18.5 Å². The zero-order valence-electron chi connectivity index (χ0n) is 21.5. The molecule has 0 aliphatic carbocycles. The summed E-state index contributed by atoms with van der Waals surface area (Å²) in [4.78, 5) is 43.3. The van der Waals surface area contributed by atoms with Gasteiger partial charge in [-0.1, -0.05) is 41.9 Å². The second kappa shape index (κ2) is 10.9. The number of likely N-dealkylation sites (tertiary alicyclic amines) is 1. The predicted octanol–water partition coefficient (Wildman–Crippen LogP) is 4.24. The SMILES string of the molecule is C[C@@]12CCC3(S1)C(C(=O)Nc1ccc(Cl)cc1)N(CCCCCO)C(=O)[C@@H]3[C@@H]2C(=O)NCc1ccccc1. The van der Waals surface area contributed by atoms with Gasteiger partial charge in [0.1, 0.15) is 6.04 Å². The van der Waals surface area contributed by atoms with Gasteiger partial charge >= 0.3 is 0 Å². The number of nitrogens with zero attached hydrogens (tertiary/aromatic N) is 1. The molecule has 2 aromatic carbocycles. The third-order valence-corrected chi connectivity index (χ3v) is 10.5. The number of unbranched alkanes of at least 4 members (excludes halogenated alkanes) is 2. The largest absolute Gasteiger partial charge is 0.396 e. The molecule has 202 valence electrons. The lowest BCUT2D eigenvalue weighted by Crippen LogP contribution is -2.52. The molecule has 3 amide bonds. The molecule has 0 saturated carbocycles. The number of hydrogen-bond donors (Lipinski definition) is 3. The highest BCUT2D eigenvalue weighted by molar-refractivity contribution is 8.02. The molecule has 3 aliphatic rings. The summed E-state index contributed by atoms with van der Waals surface area (Å²) in [7, 11) is 0. The van der Waals surface area contributed by atoms with E-state index in [9.17, 15) is 19.5 Å². The molecule has 38 heavy (non-hydrogen) atoms. The van der Waals surface area contributed by atoms with Crippen molar-refractivity contribution in [3.05, 3.63) is 65.2 Å². The van der Waals surface area contributed by atoms with Crippen LogP contribution < -0.4 is 10.6 Å². The van der Waals surface area contributed by atoms with Gasteiger partial charge in [0, 0.05) is 35.2 Å². The van der Waals surface area contributed by atoms with Gasteiger partial charge in [0.15, 0.2) is 0 Å². The van der Waals surface area contributed by atoms with E-state index in [4.69, 9.17) is 11.6 Å². The van der Waals surface area contributed by atoms with E-state index in [1.54, 1.807) is 40.9 Å². The van der Waals surface area contributed by atoms with E-state index in [0.29, 0.717) is 43.1 Å². The molecule has 0 radical (unpaired) electrons. The van der Waals surface area contributed by atoms with Crippen molar-refractivity contribution in [1.82, 2.24) is 10.2 Å². The molecule has 2 bridgehead atoms. The zero-order chi connectivity index (χ0) is 26.9. The van der Waals surface area contributed by atoms with Crippen LogP contribution in [0.2, 0.25) is 5.02 Å². The normalized spacial score (nSPS) is 29.4. The summed E-state index contributed by atoms with van der Waals surface area (Å²) in [5.74, 6) is -1.53. The van der Waals surface area contributed by atoms with E-state index in [2.05, 4.69) is 17.6 Å². The maximum absolute atomic E-state index is 14.1. The maximum atomic E-state index is 14.1. The number of aliphatic hydroxyl groups excluding tert-OH is 1. The first-order valence-corrected chi connectivity index (χ1v) is 14.5. The molecular formula is C29H34ClN3O4S. The van der Waals surface area contributed by atoms with Gasteiger partial charge in [-0.3, -0.25) is 14.4 Å². The van der Waals surface area contributed by atoms with Crippen LogP contribution in [-0.4, -0.2) is 56.4 Å². The van der Waals surface area contributed by atoms with Gasteiger partial charge in [0.2, 0.25) is 17.7 Å². The highest BCUT2D eigenvalue weighted by Crippen LogP contribution is 2.71. The summed E-state index contributed by atoms with van der Waals surface area (Å²) in [5.41, 5.74) is 1.62. The Morgan fingerprint density at radius 1 is 1.05 bits per heavy atom. The van der Waals surface area contributed by atoms with Gasteiger partial charge in [-0.2, -0.15) is 0 Å². The fraction of sp³-hybridized carbons (Fsp3) is 0.483. The van der Waals surface area contributed by atoms with E-state index >= 15 is 0 Å². The van der Waals surface area contributed by atoms with Crippen LogP contribution in [0.15, 0.2) is 54.6 Å². The molecule has 3 heterocycles. The van der Waals surface area contributed by atoms with Crippen LogP contribution in [0, 0.1) is 11.8 Å². The van der Waals surface area contributed by atoms with Crippen LogP contribution in [0.4, 0.5) is 5.69 Å². The Kier molecular flexibility index (Phi) is 7.76. The monoisotopic (exact) mass is 555 g/mol. The van der Waals surface area contributed by atoms with Gasteiger partial charge in [-0.15, -0.1) is 11.8 Å². The number of benzene rings is 2. The van der Waals surface area contributed by atoms with Crippen LogP contribution in [0.5, 0.6) is 0 Å². The molecule has 1 spiro atoms. The molecule has 3 N–H and O–H groups in total. The van der Waals surface area contributed by atoms with E-state index in [0.717, 1.165) is 18.4 Å². The van der Waals surface area contributed by atoms with Gasteiger partial charge in [0.05, 0.1) is 16.6 Å². The Morgan fingerprint density at radius 2 is 1.79 bits per heavy atom. The molecule has 5 rings (SSSR count). The number of anilines is 1. The molecular weight excluding hydrogens is 522 g/mol. The van der Waals surface area contributed by atoms with Crippen molar-refractivity contribution < 1.29 is 19.5 Å². The molecule has 3 saturated heterocycles. The van der Waals surface area contributed by atoms with Crippen molar-refractivity contribution in [2.45, 2.75) is 61.1 Å². The Morgan fingerprint density at radius 3 is 2.50 bits per heavy atom. The number of thioether (sulfide) groups is 1. The first kappa shape index (κ1) is 27.0. The summed E-state index contributed by atoms with van der Waals surface area (Å²) >= 11 is 7.69. The van der Waals surface area contributed by atoms with E-state index in [-0.39, 0.29) is 24.3 Å². The third kappa shape index (κ3) is 4.82. The number of rotatable bonds is 10. The standard InChI is InChI=1S/C29H34ClN3O4S/c1-28-14-15-29(38-28)23(22(28)25(35)31-18-19-8-4-2-5-9-19)27(37)33(16-6-3-7-17-34)24(29)26(36)32-21-12-10-20(30)11-13-21/h2,4-5,8-13,22-24,34H,3,6-7,14-18H2,1H3,(H,31,35)(H,32,36)/t22-,23+,24?,28+,29?/m1/s1. The minimum absolute atomic E-state index is 0.0961. The fourth-order valence-electron chi connectivity index (χ4n) is 6.58.